The van der Waals surface area contributed by atoms with Crippen LogP contribution in [0.15, 0.2) is 30.3 Å². The molecule has 20 heavy (non-hydrogen) atoms. The highest BCUT2D eigenvalue weighted by atomic mass is 35.5. The van der Waals surface area contributed by atoms with Gasteiger partial charge < -0.3 is 5.32 Å². The molecule has 1 nitrogen and oxygen atoms in total. The molecule has 1 heterocycles. The van der Waals surface area contributed by atoms with Gasteiger partial charge in [0.15, 0.2) is 0 Å². The van der Waals surface area contributed by atoms with Crippen molar-refractivity contribution < 1.29 is 0 Å². The fourth-order valence-corrected chi connectivity index (χ4v) is 4.28. The van der Waals surface area contributed by atoms with Gasteiger partial charge in [-0.3, -0.25) is 0 Å². The SMILES string of the molecule is Cc1ccc(CC(C)NC2Cc3ccc(Cl)cc3C2)s1. The molecular formula is C17H20ClNS. The molecule has 0 saturated carbocycles. The number of aryl methyl sites for hydroxylation is 1. The minimum atomic E-state index is 0.517. The number of benzene rings is 1. The van der Waals surface area contributed by atoms with Gasteiger partial charge in [-0.2, -0.15) is 0 Å². The van der Waals surface area contributed by atoms with Crippen molar-refractivity contribution in [3.63, 3.8) is 0 Å². The van der Waals surface area contributed by atoms with E-state index >= 15 is 0 Å². The summed E-state index contributed by atoms with van der Waals surface area (Å²) in [6.07, 6.45) is 3.34. The minimum absolute atomic E-state index is 0.517. The molecule has 2 aromatic rings. The third-order valence-corrected chi connectivity index (χ3v) is 5.18. The molecule has 1 aromatic carbocycles. The fraction of sp³-hybridized carbons (Fsp3) is 0.412. The Hall–Kier alpha value is -0.830. The average molecular weight is 306 g/mol. The third kappa shape index (κ3) is 3.25. The van der Waals surface area contributed by atoms with Crippen molar-refractivity contribution >= 4 is 22.9 Å². The van der Waals surface area contributed by atoms with Gasteiger partial charge >= 0.3 is 0 Å². The lowest BCUT2D eigenvalue weighted by atomic mass is 10.1. The Labute approximate surface area is 130 Å². The summed E-state index contributed by atoms with van der Waals surface area (Å²) >= 11 is 7.97. The standard InChI is InChI=1S/C17H20ClNS/c1-11(7-17-6-3-12(2)20-17)19-16-9-13-4-5-15(18)8-14(13)10-16/h3-6,8,11,16,19H,7,9-10H2,1-2H3. The normalized spacial score (nSPS) is 19.1. The van der Waals surface area contributed by atoms with Crippen LogP contribution in [0.5, 0.6) is 0 Å². The van der Waals surface area contributed by atoms with Gasteiger partial charge in [0.2, 0.25) is 0 Å². The van der Waals surface area contributed by atoms with Gasteiger partial charge in [0, 0.05) is 26.9 Å². The van der Waals surface area contributed by atoms with Crippen LogP contribution in [0, 0.1) is 6.92 Å². The number of hydrogen-bond donors (Lipinski definition) is 1. The van der Waals surface area contributed by atoms with Gasteiger partial charge in [0.05, 0.1) is 0 Å². The van der Waals surface area contributed by atoms with E-state index in [0.29, 0.717) is 12.1 Å². The molecule has 1 aromatic heterocycles. The van der Waals surface area contributed by atoms with Crippen molar-refractivity contribution in [1.82, 2.24) is 5.32 Å². The summed E-state index contributed by atoms with van der Waals surface area (Å²) in [6, 6.07) is 11.8. The van der Waals surface area contributed by atoms with Crippen molar-refractivity contribution in [2.45, 2.75) is 45.2 Å². The van der Waals surface area contributed by atoms with Crippen LogP contribution < -0.4 is 5.32 Å². The van der Waals surface area contributed by atoms with Crippen LogP contribution in [-0.4, -0.2) is 12.1 Å². The summed E-state index contributed by atoms with van der Waals surface area (Å²) in [5, 5.41) is 4.62. The maximum absolute atomic E-state index is 6.07. The number of nitrogens with one attached hydrogen (secondary N) is 1. The van der Waals surface area contributed by atoms with Gasteiger partial charge in [-0.05, 0) is 68.5 Å². The second kappa shape index (κ2) is 5.88. The molecule has 1 aliphatic carbocycles. The quantitative estimate of drug-likeness (QED) is 0.883. The maximum atomic E-state index is 6.07. The first-order valence-corrected chi connectivity index (χ1v) is 8.38. The van der Waals surface area contributed by atoms with Crippen LogP contribution >= 0.6 is 22.9 Å². The van der Waals surface area contributed by atoms with Crippen LogP contribution in [0.1, 0.15) is 27.8 Å². The van der Waals surface area contributed by atoms with E-state index < -0.39 is 0 Å². The predicted octanol–water partition coefficient (Wildman–Crippen LogP) is 4.40. The topological polar surface area (TPSA) is 12.0 Å². The lowest BCUT2D eigenvalue weighted by molar-refractivity contribution is 0.455. The van der Waals surface area contributed by atoms with Crippen molar-refractivity contribution in [2.75, 3.05) is 0 Å². The van der Waals surface area contributed by atoms with Crippen molar-refractivity contribution in [3.05, 3.63) is 56.2 Å². The Morgan fingerprint density at radius 2 is 2.05 bits per heavy atom. The third-order valence-electron chi connectivity index (χ3n) is 3.92. The summed E-state index contributed by atoms with van der Waals surface area (Å²) in [7, 11) is 0. The molecule has 0 saturated heterocycles. The molecule has 3 rings (SSSR count). The van der Waals surface area contributed by atoms with E-state index in [1.165, 1.54) is 20.9 Å². The Balaban J connectivity index is 1.57. The number of thiophene rings is 1. The molecule has 0 radical (unpaired) electrons. The number of fused-ring (bicyclic) bond motifs is 1. The second-order valence-corrected chi connectivity index (χ2v) is 7.61. The molecule has 3 heteroatoms. The first kappa shape index (κ1) is 14.1. The average Bonchev–Trinajstić information content (AvgIpc) is 2.94. The summed E-state index contributed by atoms with van der Waals surface area (Å²) in [4.78, 5) is 2.87. The Morgan fingerprint density at radius 1 is 1.25 bits per heavy atom. The molecule has 1 N–H and O–H groups in total. The van der Waals surface area contributed by atoms with Gasteiger partial charge in [0.1, 0.15) is 0 Å². The molecule has 0 fully saturated rings. The largest absolute Gasteiger partial charge is 0.310 e. The molecule has 0 amide bonds. The Morgan fingerprint density at radius 3 is 2.80 bits per heavy atom. The van der Waals surface area contributed by atoms with Crippen molar-refractivity contribution in [1.29, 1.82) is 0 Å². The van der Waals surface area contributed by atoms with E-state index in [1.54, 1.807) is 0 Å². The highest BCUT2D eigenvalue weighted by Crippen LogP contribution is 2.26. The van der Waals surface area contributed by atoms with Crippen molar-refractivity contribution in [3.8, 4) is 0 Å². The van der Waals surface area contributed by atoms with Gasteiger partial charge in [-0.15, -0.1) is 11.3 Å². The van der Waals surface area contributed by atoms with E-state index in [2.05, 4.69) is 43.4 Å². The van der Waals surface area contributed by atoms with Crippen LogP contribution in [0.4, 0.5) is 0 Å². The molecule has 2 atom stereocenters. The van der Waals surface area contributed by atoms with E-state index in [4.69, 9.17) is 11.6 Å². The van der Waals surface area contributed by atoms with Crippen LogP contribution in [-0.2, 0) is 19.3 Å². The number of halogens is 1. The van der Waals surface area contributed by atoms with Gasteiger partial charge in [-0.1, -0.05) is 17.7 Å². The van der Waals surface area contributed by atoms with E-state index in [9.17, 15) is 0 Å². The summed E-state index contributed by atoms with van der Waals surface area (Å²) in [5.74, 6) is 0. The first-order valence-electron chi connectivity index (χ1n) is 7.19. The van der Waals surface area contributed by atoms with Crippen LogP contribution in [0.2, 0.25) is 5.02 Å². The zero-order chi connectivity index (χ0) is 14.1. The Kier molecular flexibility index (Phi) is 4.16. The van der Waals surface area contributed by atoms with Crippen LogP contribution in [0.25, 0.3) is 0 Å². The summed E-state index contributed by atoms with van der Waals surface area (Å²) in [5.41, 5.74) is 2.86. The second-order valence-electron chi connectivity index (χ2n) is 5.80. The fourth-order valence-electron chi connectivity index (χ4n) is 3.06. The lowest BCUT2D eigenvalue weighted by Crippen LogP contribution is -2.38. The van der Waals surface area contributed by atoms with E-state index in [1.807, 2.05) is 17.4 Å². The zero-order valence-electron chi connectivity index (χ0n) is 11.9. The van der Waals surface area contributed by atoms with E-state index in [0.717, 1.165) is 24.3 Å². The molecular weight excluding hydrogens is 286 g/mol. The summed E-state index contributed by atoms with van der Waals surface area (Å²) < 4.78 is 0. The monoisotopic (exact) mass is 305 g/mol. The maximum Gasteiger partial charge on any atom is 0.0408 e. The minimum Gasteiger partial charge on any atom is -0.310 e. The smallest absolute Gasteiger partial charge is 0.0408 e. The molecule has 0 spiro atoms. The van der Waals surface area contributed by atoms with E-state index in [-0.39, 0.29) is 0 Å². The first-order chi connectivity index (χ1) is 9.60. The summed E-state index contributed by atoms with van der Waals surface area (Å²) in [6.45, 7) is 4.45. The lowest BCUT2D eigenvalue weighted by Gasteiger charge is -2.18. The predicted molar refractivity (Wildman–Crippen MR) is 88.0 cm³/mol. The number of hydrogen-bond acceptors (Lipinski definition) is 2. The molecule has 0 bridgehead atoms. The van der Waals surface area contributed by atoms with Gasteiger partial charge in [0.25, 0.3) is 0 Å². The molecule has 106 valence electrons. The number of rotatable bonds is 4. The van der Waals surface area contributed by atoms with Gasteiger partial charge in [-0.25, -0.2) is 0 Å². The highest BCUT2D eigenvalue weighted by Gasteiger charge is 2.22. The highest BCUT2D eigenvalue weighted by molar-refractivity contribution is 7.11. The molecule has 2 unspecified atom stereocenters. The van der Waals surface area contributed by atoms with Crippen molar-refractivity contribution in [2.24, 2.45) is 0 Å². The molecule has 0 aliphatic heterocycles. The Bertz CT molecular complexity index is 605. The molecule has 1 aliphatic rings. The zero-order valence-corrected chi connectivity index (χ0v) is 13.5. The van der Waals surface area contributed by atoms with Crippen LogP contribution in [0.3, 0.4) is 0 Å².